The molecule has 0 spiro atoms. The fraction of sp³-hybridized carbons (Fsp3) is 0.667. The van der Waals surface area contributed by atoms with Crippen LogP contribution in [0.4, 0.5) is 0 Å². The molecule has 94 valence electrons. The van der Waals surface area contributed by atoms with Crippen LogP contribution in [-0.4, -0.2) is 35.6 Å². The lowest BCUT2D eigenvalue weighted by Crippen LogP contribution is -2.42. The van der Waals surface area contributed by atoms with Crippen molar-refractivity contribution in [2.45, 2.75) is 31.7 Å². The van der Waals surface area contributed by atoms with E-state index in [4.69, 9.17) is 9.47 Å². The molecule has 0 bridgehead atoms. The quantitative estimate of drug-likeness (QED) is 0.743. The van der Waals surface area contributed by atoms with E-state index in [9.17, 15) is 4.79 Å². The standard InChI is InChI=1S/C12H18N2O3/c1-2-17-11(15)10-12(4-8-16-9-5-12)14-7-3-6-13-14/h3,6-7H,2,4-5,8-10H2,1H3. The number of nitrogens with zero attached hydrogens (tertiary/aromatic N) is 2. The van der Waals surface area contributed by atoms with Gasteiger partial charge in [-0.3, -0.25) is 9.48 Å². The van der Waals surface area contributed by atoms with Crippen LogP contribution in [0.1, 0.15) is 26.2 Å². The topological polar surface area (TPSA) is 53.4 Å². The fourth-order valence-corrected chi connectivity index (χ4v) is 2.27. The Morgan fingerprint density at radius 1 is 1.53 bits per heavy atom. The monoisotopic (exact) mass is 238 g/mol. The second-order valence-electron chi connectivity index (χ2n) is 4.27. The van der Waals surface area contributed by atoms with Crippen molar-refractivity contribution in [3.8, 4) is 0 Å². The van der Waals surface area contributed by atoms with Crippen molar-refractivity contribution < 1.29 is 14.3 Å². The summed E-state index contributed by atoms with van der Waals surface area (Å²) in [5.74, 6) is -0.162. The highest BCUT2D eigenvalue weighted by molar-refractivity contribution is 5.70. The van der Waals surface area contributed by atoms with Crippen molar-refractivity contribution in [2.24, 2.45) is 0 Å². The first-order valence-corrected chi connectivity index (χ1v) is 6.00. The second kappa shape index (κ2) is 5.31. The smallest absolute Gasteiger partial charge is 0.308 e. The maximum absolute atomic E-state index is 11.7. The molecule has 0 atom stereocenters. The summed E-state index contributed by atoms with van der Waals surface area (Å²) in [7, 11) is 0. The van der Waals surface area contributed by atoms with Gasteiger partial charge < -0.3 is 9.47 Å². The first-order chi connectivity index (χ1) is 8.27. The molecule has 5 heteroatoms. The predicted octanol–water partition coefficient (Wildman–Crippen LogP) is 1.34. The number of esters is 1. The van der Waals surface area contributed by atoms with Crippen molar-refractivity contribution in [1.82, 2.24) is 9.78 Å². The molecule has 0 unspecified atom stereocenters. The first-order valence-electron chi connectivity index (χ1n) is 6.00. The van der Waals surface area contributed by atoms with E-state index in [0.29, 0.717) is 26.2 Å². The van der Waals surface area contributed by atoms with E-state index in [1.807, 2.05) is 23.9 Å². The molecule has 0 amide bonds. The van der Waals surface area contributed by atoms with Crippen molar-refractivity contribution in [3.05, 3.63) is 18.5 Å². The van der Waals surface area contributed by atoms with Crippen LogP contribution in [0, 0.1) is 0 Å². The molecule has 0 radical (unpaired) electrons. The molecule has 0 saturated carbocycles. The molecule has 1 aromatic rings. The average molecular weight is 238 g/mol. The number of rotatable bonds is 4. The van der Waals surface area contributed by atoms with Crippen LogP contribution in [0.15, 0.2) is 18.5 Å². The summed E-state index contributed by atoms with van der Waals surface area (Å²) >= 11 is 0. The van der Waals surface area contributed by atoms with Gasteiger partial charge >= 0.3 is 5.97 Å². The third-order valence-electron chi connectivity index (χ3n) is 3.19. The molecule has 17 heavy (non-hydrogen) atoms. The van der Waals surface area contributed by atoms with Crippen LogP contribution in [0.2, 0.25) is 0 Å². The zero-order valence-corrected chi connectivity index (χ0v) is 10.1. The minimum atomic E-state index is -0.270. The highest BCUT2D eigenvalue weighted by Gasteiger charge is 2.37. The molecular formula is C12H18N2O3. The molecule has 0 aromatic carbocycles. The Bertz CT molecular complexity index is 356. The molecule has 1 aliphatic heterocycles. The van der Waals surface area contributed by atoms with Gasteiger partial charge in [-0.25, -0.2) is 0 Å². The third kappa shape index (κ3) is 2.66. The average Bonchev–Trinajstić information content (AvgIpc) is 2.84. The third-order valence-corrected chi connectivity index (χ3v) is 3.19. The SMILES string of the molecule is CCOC(=O)CC1(n2cccn2)CCOCC1. The Kier molecular flexibility index (Phi) is 3.78. The van der Waals surface area contributed by atoms with E-state index in [2.05, 4.69) is 5.10 Å². The number of ether oxygens (including phenoxy) is 2. The number of carbonyl (C=O) groups is 1. The zero-order chi connectivity index (χ0) is 12.1. The van der Waals surface area contributed by atoms with Gasteiger partial charge in [0.15, 0.2) is 0 Å². The lowest BCUT2D eigenvalue weighted by molar-refractivity contribution is -0.147. The van der Waals surface area contributed by atoms with Gasteiger partial charge in [0.05, 0.1) is 18.6 Å². The molecular weight excluding hydrogens is 220 g/mol. The van der Waals surface area contributed by atoms with Crippen molar-refractivity contribution >= 4 is 5.97 Å². The van der Waals surface area contributed by atoms with E-state index in [-0.39, 0.29) is 11.5 Å². The van der Waals surface area contributed by atoms with E-state index < -0.39 is 0 Å². The summed E-state index contributed by atoms with van der Waals surface area (Å²) in [6.45, 7) is 3.57. The van der Waals surface area contributed by atoms with Crippen molar-refractivity contribution in [1.29, 1.82) is 0 Å². The molecule has 2 rings (SSSR count). The lowest BCUT2D eigenvalue weighted by Gasteiger charge is -2.36. The van der Waals surface area contributed by atoms with Gasteiger partial charge in [-0.2, -0.15) is 5.10 Å². The fourth-order valence-electron chi connectivity index (χ4n) is 2.27. The molecule has 0 N–H and O–H groups in total. The van der Waals surface area contributed by atoms with Crippen molar-refractivity contribution in [2.75, 3.05) is 19.8 Å². The normalized spacial score (nSPS) is 18.9. The van der Waals surface area contributed by atoms with Gasteiger partial charge in [0.2, 0.25) is 0 Å². The van der Waals surface area contributed by atoms with Gasteiger partial charge in [-0.05, 0) is 25.8 Å². The molecule has 1 saturated heterocycles. The zero-order valence-electron chi connectivity index (χ0n) is 10.1. The van der Waals surface area contributed by atoms with Crippen LogP contribution >= 0.6 is 0 Å². The van der Waals surface area contributed by atoms with Crippen LogP contribution in [-0.2, 0) is 19.8 Å². The number of aromatic nitrogens is 2. The number of carbonyl (C=O) groups excluding carboxylic acids is 1. The minimum Gasteiger partial charge on any atom is -0.466 e. The molecule has 5 nitrogen and oxygen atoms in total. The summed E-state index contributed by atoms with van der Waals surface area (Å²) < 4.78 is 12.3. The molecule has 2 heterocycles. The summed E-state index contributed by atoms with van der Waals surface area (Å²) in [6.07, 6.45) is 5.61. The summed E-state index contributed by atoms with van der Waals surface area (Å²) in [5.41, 5.74) is -0.270. The van der Waals surface area contributed by atoms with E-state index >= 15 is 0 Å². The Hall–Kier alpha value is -1.36. The van der Waals surface area contributed by atoms with Gasteiger partial charge in [0.25, 0.3) is 0 Å². The summed E-state index contributed by atoms with van der Waals surface area (Å²) in [6, 6.07) is 1.88. The van der Waals surface area contributed by atoms with Gasteiger partial charge in [-0.1, -0.05) is 0 Å². The molecule has 1 aliphatic rings. The van der Waals surface area contributed by atoms with Crippen LogP contribution in [0.25, 0.3) is 0 Å². The van der Waals surface area contributed by atoms with Crippen LogP contribution in [0.5, 0.6) is 0 Å². The molecule has 0 aliphatic carbocycles. The van der Waals surface area contributed by atoms with Crippen LogP contribution in [0.3, 0.4) is 0 Å². The predicted molar refractivity (Wildman–Crippen MR) is 61.5 cm³/mol. The van der Waals surface area contributed by atoms with E-state index in [1.54, 1.807) is 6.20 Å². The largest absolute Gasteiger partial charge is 0.466 e. The summed E-state index contributed by atoms with van der Waals surface area (Å²) in [5, 5.41) is 4.28. The highest BCUT2D eigenvalue weighted by atomic mass is 16.5. The van der Waals surface area contributed by atoms with Crippen molar-refractivity contribution in [3.63, 3.8) is 0 Å². The number of hydrogen-bond donors (Lipinski definition) is 0. The summed E-state index contributed by atoms with van der Waals surface area (Å²) in [4.78, 5) is 11.7. The highest BCUT2D eigenvalue weighted by Crippen LogP contribution is 2.32. The minimum absolute atomic E-state index is 0.162. The van der Waals surface area contributed by atoms with E-state index in [1.165, 1.54) is 0 Å². The number of hydrogen-bond acceptors (Lipinski definition) is 4. The van der Waals surface area contributed by atoms with Gasteiger partial charge in [-0.15, -0.1) is 0 Å². The first kappa shape index (κ1) is 12.1. The molecule has 1 fully saturated rings. The Morgan fingerprint density at radius 3 is 2.88 bits per heavy atom. The van der Waals surface area contributed by atoms with Gasteiger partial charge in [0.1, 0.15) is 0 Å². The Labute approximate surface area is 101 Å². The Balaban J connectivity index is 2.15. The van der Waals surface area contributed by atoms with E-state index in [0.717, 1.165) is 12.8 Å². The lowest BCUT2D eigenvalue weighted by atomic mass is 9.87. The van der Waals surface area contributed by atoms with Crippen LogP contribution < -0.4 is 0 Å². The Morgan fingerprint density at radius 2 is 2.29 bits per heavy atom. The maximum Gasteiger partial charge on any atom is 0.308 e. The maximum atomic E-state index is 11.7. The molecule has 1 aromatic heterocycles. The van der Waals surface area contributed by atoms with Gasteiger partial charge in [0, 0.05) is 25.6 Å². The second-order valence-corrected chi connectivity index (χ2v) is 4.27.